The highest BCUT2D eigenvalue weighted by molar-refractivity contribution is 6.22. The topological polar surface area (TPSA) is 76.8 Å². The highest BCUT2D eigenvalue weighted by Gasteiger charge is 2.48. The number of fused-ring (bicyclic) bond motifs is 1. The van der Waals surface area contributed by atoms with E-state index in [0.717, 1.165) is 5.57 Å². The average Bonchev–Trinajstić information content (AvgIpc) is 3.23. The van der Waals surface area contributed by atoms with E-state index in [9.17, 15) is 14.4 Å². The maximum absolute atomic E-state index is 12.8. The van der Waals surface area contributed by atoms with Crippen LogP contribution in [0.4, 0.5) is 5.69 Å². The number of carbonyl (C=O) groups is 3. The third kappa shape index (κ3) is 2.73. The summed E-state index contributed by atoms with van der Waals surface area (Å²) in [6, 6.07) is 9.51. The minimum absolute atomic E-state index is 0.0799. The molecule has 6 nitrogen and oxygen atoms in total. The zero-order valence-electron chi connectivity index (χ0n) is 14.2. The van der Waals surface area contributed by atoms with Crippen molar-refractivity contribution in [1.29, 1.82) is 0 Å². The molecule has 132 valence electrons. The average molecular weight is 351 g/mol. The molecule has 26 heavy (non-hydrogen) atoms. The summed E-state index contributed by atoms with van der Waals surface area (Å²) in [5.41, 5.74) is 1.55. The van der Waals surface area contributed by atoms with E-state index >= 15 is 0 Å². The van der Waals surface area contributed by atoms with Gasteiger partial charge in [0.25, 0.3) is 0 Å². The van der Waals surface area contributed by atoms with Crippen molar-refractivity contribution in [1.82, 2.24) is 0 Å². The molecule has 0 unspecified atom stereocenters. The molecule has 1 fully saturated rings. The van der Waals surface area contributed by atoms with E-state index in [1.165, 1.54) is 23.3 Å². The van der Waals surface area contributed by atoms with E-state index in [2.05, 4.69) is 0 Å². The molecule has 1 saturated heterocycles. The molecule has 2 aromatic rings. The van der Waals surface area contributed by atoms with Crippen molar-refractivity contribution in [2.24, 2.45) is 11.8 Å². The molecule has 0 saturated carbocycles. The molecule has 2 amide bonds. The van der Waals surface area contributed by atoms with E-state index in [1.54, 1.807) is 24.3 Å². The van der Waals surface area contributed by atoms with Crippen molar-refractivity contribution >= 4 is 23.5 Å². The molecule has 2 aliphatic rings. The highest BCUT2D eigenvalue weighted by Crippen LogP contribution is 2.40. The predicted octanol–water partition coefficient (Wildman–Crippen LogP) is 3.34. The second-order valence-electron chi connectivity index (χ2n) is 6.58. The van der Waals surface area contributed by atoms with Gasteiger partial charge in [-0.1, -0.05) is 17.7 Å². The number of hydrogen-bond donors (Lipinski definition) is 0. The van der Waals surface area contributed by atoms with Gasteiger partial charge >= 0.3 is 5.97 Å². The van der Waals surface area contributed by atoms with Gasteiger partial charge < -0.3 is 9.15 Å². The van der Waals surface area contributed by atoms with Crippen LogP contribution >= 0.6 is 0 Å². The van der Waals surface area contributed by atoms with Crippen molar-refractivity contribution < 1.29 is 23.5 Å². The summed E-state index contributed by atoms with van der Waals surface area (Å²) in [6.45, 7) is 1.98. The molecule has 4 rings (SSSR count). The quantitative estimate of drug-likeness (QED) is 0.367. The van der Waals surface area contributed by atoms with Gasteiger partial charge in [0.1, 0.15) is 5.75 Å². The minimum Gasteiger partial charge on any atom is -0.457 e. The number of allylic oxidation sites excluding steroid dienone is 2. The molecule has 2 atom stereocenters. The van der Waals surface area contributed by atoms with Gasteiger partial charge in [-0.25, -0.2) is 9.69 Å². The van der Waals surface area contributed by atoms with E-state index in [4.69, 9.17) is 9.15 Å². The van der Waals surface area contributed by atoms with Crippen LogP contribution in [0.1, 0.15) is 30.3 Å². The fraction of sp³-hybridized carbons (Fsp3) is 0.250. The minimum atomic E-state index is -0.639. The lowest BCUT2D eigenvalue weighted by Gasteiger charge is -2.18. The molecule has 0 spiro atoms. The molecule has 2 heterocycles. The fourth-order valence-electron chi connectivity index (χ4n) is 3.53. The maximum atomic E-state index is 12.8. The van der Waals surface area contributed by atoms with Crippen LogP contribution in [0.15, 0.2) is 58.7 Å². The first-order valence-electron chi connectivity index (χ1n) is 8.44. The number of anilines is 1. The number of ether oxygens (including phenoxy) is 1. The molecule has 1 aromatic carbocycles. The zero-order chi connectivity index (χ0) is 18.3. The Balaban J connectivity index is 1.58. The third-order valence-electron chi connectivity index (χ3n) is 4.83. The summed E-state index contributed by atoms with van der Waals surface area (Å²) in [7, 11) is 0. The van der Waals surface area contributed by atoms with Crippen molar-refractivity contribution in [2.75, 3.05) is 4.90 Å². The molecule has 1 aliphatic carbocycles. The van der Waals surface area contributed by atoms with Crippen molar-refractivity contribution in [3.63, 3.8) is 0 Å². The Labute approximate surface area is 150 Å². The lowest BCUT2D eigenvalue weighted by Crippen LogP contribution is -2.30. The molecule has 0 bridgehead atoms. The standard InChI is InChI=1S/C20H17NO5/c1-12-7-8-15-16(10-12)19(23)21(18(15)22)13-4-2-5-14(11-13)26-20(24)17-6-3-9-25-17/h2-7,9,11,15-16H,8,10H2,1H3/t15-,16-/m0/s1. The molecular weight excluding hydrogens is 334 g/mol. The van der Waals surface area contributed by atoms with E-state index in [-0.39, 0.29) is 35.2 Å². The van der Waals surface area contributed by atoms with E-state index in [0.29, 0.717) is 18.5 Å². The van der Waals surface area contributed by atoms with Crippen molar-refractivity contribution in [3.8, 4) is 5.75 Å². The predicted molar refractivity (Wildman–Crippen MR) is 92.6 cm³/mol. The monoisotopic (exact) mass is 351 g/mol. The largest absolute Gasteiger partial charge is 0.457 e. The Morgan fingerprint density at radius 3 is 2.73 bits per heavy atom. The molecule has 1 aliphatic heterocycles. The Kier molecular flexibility index (Phi) is 3.95. The molecular formula is C20H17NO5. The summed E-state index contributed by atoms with van der Waals surface area (Å²) in [5, 5.41) is 0. The normalized spacial score (nSPS) is 22.2. The smallest absolute Gasteiger partial charge is 0.379 e. The van der Waals surface area contributed by atoms with E-state index in [1.807, 2.05) is 13.0 Å². The Hall–Kier alpha value is -3.15. The van der Waals surface area contributed by atoms with Gasteiger partial charge in [-0.05, 0) is 44.0 Å². The summed E-state index contributed by atoms with van der Waals surface area (Å²) in [4.78, 5) is 38.7. The number of furan rings is 1. The summed E-state index contributed by atoms with van der Waals surface area (Å²) in [6.07, 6.45) is 4.60. The number of imide groups is 1. The van der Waals surface area contributed by atoms with Gasteiger partial charge in [0.05, 0.1) is 23.8 Å². The number of benzene rings is 1. The van der Waals surface area contributed by atoms with Crippen LogP contribution < -0.4 is 9.64 Å². The molecule has 6 heteroatoms. The first-order valence-corrected chi connectivity index (χ1v) is 8.44. The fourth-order valence-corrected chi connectivity index (χ4v) is 3.53. The second kappa shape index (κ2) is 6.29. The third-order valence-corrected chi connectivity index (χ3v) is 4.83. The van der Waals surface area contributed by atoms with Crippen molar-refractivity contribution in [2.45, 2.75) is 19.8 Å². The lowest BCUT2D eigenvalue weighted by molar-refractivity contribution is -0.122. The highest BCUT2D eigenvalue weighted by atomic mass is 16.5. The van der Waals surface area contributed by atoms with Crippen LogP contribution in [0, 0.1) is 11.8 Å². The first kappa shape index (κ1) is 16.3. The Bertz CT molecular complexity index is 912. The van der Waals surface area contributed by atoms with Crippen LogP contribution in [0.2, 0.25) is 0 Å². The SMILES string of the molecule is CC1=CC[C@@H]2C(=O)N(c3cccc(OC(=O)c4ccco4)c3)C(=O)[C@H]2C1. The molecule has 0 radical (unpaired) electrons. The summed E-state index contributed by atoms with van der Waals surface area (Å²) in [5.74, 6) is -1.31. The summed E-state index contributed by atoms with van der Waals surface area (Å²) >= 11 is 0. The first-order chi connectivity index (χ1) is 12.5. The second-order valence-corrected chi connectivity index (χ2v) is 6.58. The van der Waals surface area contributed by atoms with Crippen LogP contribution in [0.25, 0.3) is 0 Å². The van der Waals surface area contributed by atoms with Gasteiger partial charge in [0.2, 0.25) is 17.6 Å². The van der Waals surface area contributed by atoms with Gasteiger partial charge in [0, 0.05) is 6.07 Å². The van der Waals surface area contributed by atoms with Crippen LogP contribution in [-0.4, -0.2) is 17.8 Å². The Morgan fingerprint density at radius 2 is 1.96 bits per heavy atom. The molecule has 1 aromatic heterocycles. The number of nitrogens with zero attached hydrogens (tertiary/aromatic N) is 1. The van der Waals surface area contributed by atoms with Crippen molar-refractivity contribution in [3.05, 3.63) is 60.1 Å². The number of amides is 2. The van der Waals surface area contributed by atoms with Gasteiger partial charge in [-0.15, -0.1) is 0 Å². The van der Waals surface area contributed by atoms with Gasteiger partial charge in [-0.3, -0.25) is 9.59 Å². The van der Waals surface area contributed by atoms with Gasteiger partial charge in [-0.2, -0.15) is 0 Å². The van der Waals surface area contributed by atoms with Crippen LogP contribution in [0.5, 0.6) is 5.75 Å². The maximum Gasteiger partial charge on any atom is 0.379 e. The number of carbonyl (C=O) groups excluding carboxylic acids is 3. The molecule has 0 N–H and O–H groups in total. The zero-order valence-corrected chi connectivity index (χ0v) is 14.2. The van der Waals surface area contributed by atoms with Crippen LogP contribution in [-0.2, 0) is 9.59 Å². The summed E-state index contributed by atoms with van der Waals surface area (Å²) < 4.78 is 10.3. The lowest BCUT2D eigenvalue weighted by atomic mass is 9.82. The number of esters is 1. The van der Waals surface area contributed by atoms with E-state index < -0.39 is 5.97 Å². The van der Waals surface area contributed by atoms with Crippen LogP contribution in [0.3, 0.4) is 0 Å². The number of rotatable bonds is 3. The number of hydrogen-bond acceptors (Lipinski definition) is 5. The Morgan fingerprint density at radius 1 is 1.15 bits per heavy atom. The van der Waals surface area contributed by atoms with Gasteiger partial charge in [0.15, 0.2) is 0 Å².